The molecule has 3 unspecified atom stereocenters. The number of aliphatic hydroxyl groups excluding tert-OH is 1. The van der Waals surface area contributed by atoms with Gasteiger partial charge in [-0.25, -0.2) is 0 Å². The van der Waals surface area contributed by atoms with Gasteiger partial charge in [-0.2, -0.15) is 0 Å². The first-order chi connectivity index (χ1) is 12.9. The van der Waals surface area contributed by atoms with Crippen LogP contribution in [0.4, 0.5) is 0 Å². The highest BCUT2D eigenvalue weighted by molar-refractivity contribution is 5.21. The predicted octanol–water partition coefficient (Wildman–Crippen LogP) is 5.17. The molecule has 2 nitrogen and oxygen atoms in total. The molecule has 4 aliphatic carbocycles. The topological polar surface area (TPSA) is 40.5 Å². The minimum absolute atomic E-state index is 0.0676. The van der Waals surface area contributed by atoms with E-state index in [9.17, 15) is 10.2 Å². The number of hydrogen-bond acceptors (Lipinski definition) is 2. The molecule has 27 heavy (non-hydrogen) atoms. The molecule has 4 rings (SSSR count). The number of rotatable bonds is 2. The van der Waals surface area contributed by atoms with Crippen molar-refractivity contribution in [2.75, 3.05) is 6.61 Å². The van der Waals surface area contributed by atoms with Crippen LogP contribution < -0.4 is 0 Å². The molecule has 0 aromatic heterocycles. The SMILES string of the molecule is CCCC#CC1(O)CC2CC[C@@H]3[C@@H](CC[C@]4(C)CCC[C@@H]34)[C@@]2(C)CC1CO. The monoisotopic (exact) mass is 372 g/mol. The van der Waals surface area contributed by atoms with Gasteiger partial charge >= 0.3 is 0 Å². The van der Waals surface area contributed by atoms with Crippen LogP contribution in [0, 0.1) is 52.3 Å². The molecular formula is C25H40O2. The van der Waals surface area contributed by atoms with E-state index in [1.165, 1.54) is 44.9 Å². The summed E-state index contributed by atoms with van der Waals surface area (Å²) in [6, 6.07) is 0. The first-order valence-corrected chi connectivity index (χ1v) is 11.7. The number of fused-ring (bicyclic) bond motifs is 5. The number of aliphatic hydroxyl groups is 2. The van der Waals surface area contributed by atoms with E-state index in [1.54, 1.807) is 0 Å². The van der Waals surface area contributed by atoms with Gasteiger partial charge in [0.1, 0.15) is 5.60 Å². The molecule has 0 spiro atoms. The molecule has 4 saturated carbocycles. The van der Waals surface area contributed by atoms with Crippen LogP contribution in [0.15, 0.2) is 0 Å². The van der Waals surface area contributed by atoms with Crippen LogP contribution in [0.25, 0.3) is 0 Å². The Morgan fingerprint density at radius 3 is 2.56 bits per heavy atom. The molecule has 4 fully saturated rings. The number of hydrogen-bond donors (Lipinski definition) is 2. The summed E-state index contributed by atoms with van der Waals surface area (Å²) in [6.45, 7) is 7.27. The van der Waals surface area contributed by atoms with E-state index in [4.69, 9.17) is 0 Å². The predicted molar refractivity (Wildman–Crippen MR) is 110 cm³/mol. The summed E-state index contributed by atoms with van der Waals surface area (Å²) in [5.74, 6) is 9.48. The average Bonchev–Trinajstić information content (AvgIpc) is 3.04. The van der Waals surface area contributed by atoms with Gasteiger partial charge in [-0.15, -0.1) is 5.92 Å². The molecule has 2 N–H and O–H groups in total. The van der Waals surface area contributed by atoms with Gasteiger partial charge in [0, 0.05) is 18.9 Å². The molecular weight excluding hydrogens is 332 g/mol. The van der Waals surface area contributed by atoms with E-state index in [0.717, 1.165) is 43.4 Å². The third-order valence-electron chi connectivity index (χ3n) is 9.67. The van der Waals surface area contributed by atoms with Crippen LogP contribution in [0.3, 0.4) is 0 Å². The Hall–Kier alpha value is -0.520. The van der Waals surface area contributed by atoms with Crippen molar-refractivity contribution in [1.82, 2.24) is 0 Å². The average molecular weight is 373 g/mol. The zero-order chi connectivity index (χ0) is 19.3. The Kier molecular flexibility index (Phi) is 5.18. The fourth-order valence-corrected chi connectivity index (χ4v) is 8.13. The molecule has 0 saturated heterocycles. The first kappa shape index (κ1) is 19.8. The Morgan fingerprint density at radius 1 is 1.00 bits per heavy atom. The number of unbranched alkanes of at least 4 members (excludes halogenated alkanes) is 1. The van der Waals surface area contributed by atoms with Crippen molar-refractivity contribution < 1.29 is 10.2 Å². The van der Waals surface area contributed by atoms with E-state index in [2.05, 4.69) is 32.6 Å². The Labute approximate surface area is 166 Å². The Bertz CT molecular complexity index is 618. The van der Waals surface area contributed by atoms with Gasteiger partial charge in [0.15, 0.2) is 0 Å². The van der Waals surface area contributed by atoms with Crippen LogP contribution in [0.2, 0.25) is 0 Å². The lowest BCUT2D eigenvalue weighted by molar-refractivity contribution is -0.161. The smallest absolute Gasteiger partial charge is 0.130 e. The van der Waals surface area contributed by atoms with Gasteiger partial charge in [-0.3, -0.25) is 0 Å². The summed E-state index contributed by atoms with van der Waals surface area (Å²) in [5, 5.41) is 21.5. The fraction of sp³-hybridized carbons (Fsp3) is 0.920. The second-order valence-electron chi connectivity index (χ2n) is 11.0. The largest absolute Gasteiger partial charge is 0.396 e. The van der Waals surface area contributed by atoms with Gasteiger partial charge in [0.05, 0.1) is 0 Å². The highest BCUT2D eigenvalue weighted by Gasteiger charge is 2.61. The van der Waals surface area contributed by atoms with Crippen LogP contribution in [0.1, 0.15) is 91.4 Å². The van der Waals surface area contributed by atoms with E-state index in [0.29, 0.717) is 11.3 Å². The van der Waals surface area contributed by atoms with Crippen molar-refractivity contribution >= 4 is 0 Å². The molecule has 0 amide bonds. The van der Waals surface area contributed by atoms with E-state index in [-0.39, 0.29) is 17.9 Å². The van der Waals surface area contributed by atoms with E-state index >= 15 is 0 Å². The van der Waals surface area contributed by atoms with Crippen LogP contribution in [-0.2, 0) is 0 Å². The lowest BCUT2D eigenvalue weighted by atomic mass is 9.43. The van der Waals surface area contributed by atoms with Crippen molar-refractivity contribution in [2.45, 2.75) is 97.0 Å². The maximum atomic E-state index is 11.4. The summed E-state index contributed by atoms with van der Waals surface area (Å²) >= 11 is 0. The molecule has 0 heterocycles. The Balaban J connectivity index is 1.60. The lowest BCUT2D eigenvalue weighted by Crippen LogP contribution is -2.58. The highest BCUT2D eigenvalue weighted by atomic mass is 16.3. The zero-order valence-electron chi connectivity index (χ0n) is 17.8. The second-order valence-corrected chi connectivity index (χ2v) is 11.0. The summed E-state index contributed by atoms with van der Waals surface area (Å²) in [6.07, 6.45) is 13.3. The third kappa shape index (κ3) is 3.08. The molecule has 0 radical (unpaired) electrons. The summed E-state index contributed by atoms with van der Waals surface area (Å²) in [4.78, 5) is 0. The summed E-state index contributed by atoms with van der Waals surface area (Å²) in [5.41, 5.74) is -0.0991. The van der Waals surface area contributed by atoms with Gasteiger partial charge < -0.3 is 10.2 Å². The molecule has 152 valence electrons. The Morgan fingerprint density at radius 2 is 1.81 bits per heavy atom. The van der Waals surface area contributed by atoms with E-state index < -0.39 is 5.60 Å². The van der Waals surface area contributed by atoms with Crippen molar-refractivity contribution in [3.05, 3.63) is 0 Å². The highest BCUT2D eigenvalue weighted by Crippen LogP contribution is 2.67. The van der Waals surface area contributed by atoms with Gasteiger partial charge in [0.2, 0.25) is 0 Å². The van der Waals surface area contributed by atoms with Gasteiger partial charge in [-0.1, -0.05) is 33.1 Å². The summed E-state index contributed by atoms with van der Waals surface area (Å²) in [7, 11) is 0. The molecule has 0 aromatic carbocycles. The molecule has 2 heteroatoms. The molecule has 0 aromatic rings. The maximum Gasteiger partial charge on any atom is 0.130 e. The van der Waals surface area contributed by atoms with E-state index in [1.807, 2.05) is 0 Å². The zero-order valence-corrected chi connectivity index (χ0v) is 17.8. The first-order valence-electron chi connectivity index (χ1n) is 11.7. The minimum Gasteiger partial charge on any atom is -0.396 e. The summed E-state index contributed by atoms with van der Waals surface area (Å²) < 4.78 is 0. The van der Waals surface area contributed by atoms with Crippen LogP contribution >= 0.6 is 0 Å². The van der Waals surface area contributed by atoms with Gasteiger partial charge in [0.25, 0.3) is 0 Å². The van der Waals surface area contributed by atoms with Crippen LogP contribution in [-0.4, -0.2) is 22.4 Å². The second kappa shape index (κ2) is 7.07. The maximum absolute atomic E-state index is 11.4. The normalized spacial score (nSPS) is 51.5. The standard InChI is InChI=1S/C25H40O2/c1-4-5-6-13-25(27)16-18-9-10-20-21-8-7-12-23(21,2)14-11-22(20)24(18,3)15-19(25)17-26/h18-22,26-27H,4-5,7-12,14-17H2,1-3H3/t18?,19?,20-,21-,22+,23-,24-,25?/m0/s1. The molecule has 4 aliphatic rings. The molecule has 0 bridgehead atoms. The fourth-order valence-electron chi connectivity index (χ4n) is 8.13. The minimum atomic E-state index is -0.975. The van der Waals surface area contributed by atoms with Gasteiger partial charge in [-0.05, 0) is 92.3 Å². The lowest BCUT2D eigenvalue weighted by Gasteiger charge is -2.62. The molecule has 8 atom stereocenters. The van der Waals surface area contributed by atoms with Crippen molar-refractivity contribution in [3.63, 3.8) is 0 Å². The van der Waals surface area contributed by atoms with Crippen molar-refractivity contribution in [2.24, 2.45) is 40.4 Å². The van der Waals surface area contributed by atoms with Crippen molar-refractivity contribution in [1.29, 1.82) is 0 Å². The van der Waals surface area contributed by atoms with Crippen molar-refractivity contribution in [3.8, 4) is 11.8 Å². The quantitative estimate of drug-likeness (QED) is 0.656. The molecule has 0 aliphatic heterocycles. The van der Waals surface area contributed by atoms with Crippen LogP contribution in [0.5, 0.6) is 0 Å². The third-order valence-corrected chi connectivity index (χ3v) is 9.67.